The van der Waals surface area contributed by atoms with E-state index in [1.165, 1.54) is 19.9 Å². The topological polar surface area (TPSA) is 235 Å². The van der Waals surface area contributed by atoms with Gasteiger partial charge in [0.25, 0.3) is 5.92 Å². The molecule has 3 aliphatic rings. The number of rotatable bonds is 14. The smallest absolute Gasteiger partial charge is 0.370 e. The first-order chi connectivity index (χ1) is 36.1. The van der Waals surface area contributed by atoms with Crippen molar-refractivity contribution in [2.24, 2.45) is 11.7 Å². The number of carbonyl (C=O) groups excluding carboxylic acids is 2. The lowest BCUT2D eigenvalue weighted by Crippen LogP contribution is -2.52. The Bertz CT molecular complexity index is 3530. The van der Waals surface area contributed by atoms with E-state index in [0.717, 1.165) is 36.6 Å². The molecule has 2 aromatic carbocycles. The lowest BCUT2D eigenvalue weighted by Gasteiger charge is -2.34. The number of fused-ring (bicyclic) bond motifs is 4. The number of urea groups is 1. The second-order valence-corrected chi connectivity index (χ2v) is 24.3. The lowest BCUT2D eigenvalue weighted by molar-refractivity contribution is -0.143. The first-order valence-corrected chi connectivity index (χ1v) is 27.6. The number of nitrogens with two attached hydrogens (primary N) is 1. The number of sulfone groups is 1. The first-order valence-electron chi connectivity index (χ1n) is 23.5. The fourth-order valence-corrected chi connectivity index (χ4v) is 10.7. The van der Waals surface area contributed by atoms with E-state index in [4.69, 9.17) is 22.7 Å². The summed E-state index contributed by atoms with van der Waals surface area (Å²) in [4.78, 5) is 36.2. The van der Waals surface area contributed by atoms with E-state index in [0.29, 0.717) is 38.5 Å². The Morgan fingerprint density at radius 3 is 2.18 bits per heavy atom. The molecule has 1 aliphatic heterocycles. The first kappa shape index (κ1) is 57.5. The average Bonchev–Trinajstić information content (AvgIpc) is 4.05. The van der Waals surface area contributed by atoms with E-state index < -0.39 is 148 Å². The van der Waals surface area contributed by atoms with E-state index in [2.05, 4.69) is 37.7 Å². The zero-order valence-corrected chi connectivity index (χ0v) is 43.8. The largest absolute Gasteiger partial charge is 0.435 e. The number of amides is 3. The molecule has 0 bridgehead atoms. The summed E-state index contributed by atoms with van der Waals surface area (Å²) in [6.45, 7) is 0.699. The number of hydrogen-bond acceptors (Lipinski definition) is 11. The highest BCUT2D eigenvalue weighted by Gasteiger charge is 2.68. The van der Waals surface area contributed by atoms with Crippen molar-refractivity contribution in [3.8, 4) is 23.0 Å². The summed E-state index contributed by atoms with van der Waals surface area (Å²) in [7, 11) is -8.72. The molecular formula is C47H47ClF10N12O6S2. The number of hydrogen-bond donors (Lipinski definition) is 4. The third kappa shape index (κ3) is 11.8. The predicted octanol–water partition coefficient (Wildman–Crippen LogP) is 6.28. The van der Waals surface area contributed by atoms with Crippen LogP contribution in [-0.2, 0) is 56.3 Å². The van der Waals surface area contributed by atoms with Crippen molar-refractivity contribution < 1.29 is 70.3 Å². The van der Waals surface area contributed by atoms with Crippen molar-refractivity contribution in [3.63, 3.8) is 0 Å². The van der Waals surface area contributed by atoms with Crippen molar-refractivity contribution >= 4 is 66.1 Å². The number of piperazine rings is 1. The third-order valence-electron chi connectivity index (χ3n) is 13.4. The Labute approximate surface area is 443 Å². The fraction of sp³-hybridized carbons (Fsp3) is 0.447. The van der Waals surface area contributed by atoms with Crippen LogP contribution in [0.3, 0.4) is 0 Å². The summed E-state index contributed by atoms with van der Waals surface area (Å²) in [6.07, 6.45) is -9.89. The number of alkyl halides is 8. The monoisotopic (exact) mass is 1160 g/mol. The van der Waals surface area contributed by atoms with Crippen LogP contribution in [0, 0.1) is 34.8 Å². The molecule has 78 heavy (non-hydrogen) atoms. The second-order valence-electron chi connectivity index (χ2n) is 19.5. The van der Waals surface area contributed by atoms with E-state index >= 15 is 8.78 Å². The lowest BCUT2D eigenvalue weighted by atomic mass is 9.93. The number of benzene rings is 2. The van der Waals surface area contributed by atoms with Crippen LogP contribution in [0.1, 0.15) is 66.1 Å². The highest BCUT2D eigenvalue weighted by molar-refractivity contribution is 7.93. The molecule has 3 atom stereocenters. The van der Waals surface area contributed by atoms with E-state index in [-0.39, 0.29) is 61.5 Å². The van der Waals surface area contributed by atoms with Gasteiger partial charge in [0, 0.05) is 74.2 Å². The van der Waals surface area contributed by atoms with Gasteiger partial charge in [0.1, 0.15) is 40.9 Å². The molecule has 5 N–H and O–H groups in total. The Morgan fingerprint density at radius 1 is 0.949 bits per heavy atom. The predicted molar refractivity (Wildman–Crippen MR) is 263 cm³/mol. The van der Waals surface area contributed by atoms with Gasteiger partial charge in [0.05, 0.1) is 33.9 Å². The zero-order chi connectivity index (χ0) is 57.4. The molecule has 1 saturated heterocycles. The minimum atomic E-state index is -5.23. The molecule has 5 aromatic rings. The van der Waals surface area contributed by atoms with Crippen molar-refractivity contribution in [2.75, 3.05) is 56.1 Å². The quantitative estimate of drug-likeness (QED) is 0.0417. The minimum Gasteiger partial charge on any atom is -0.370 e. The number of nitrogens with one attached hydrogen (secondary N) is 3. The maximum Gasteiger partial charge on any atom is 0.435 e. The Balaban J connectivity index is 1.29. The zero-order valence-electron chi connectivity index (χ0n) is 41.4. The van der Waals surface area contributed by atoms with Gasteiger partial charge in [0.15, 0.2) is 27.3 Å². The van der Waals surface area contributed by atoms with Gasteiger partial charge in [-0.15, -0.1) is 0 Å². The Hall–Kier alpha value is -6.71. The van der Waals surface area contributed by atoms with Crippen LogP contribution in [0.2, 0.25) is 5.02 Å². The van der Waals surface area contributed by atoms with Crippen LogP contribution in [0.25, 0.3) is 22.0 Å². The van der Waals surface area contributed by atoms with Crippen molar-refractivity contribution in [1.29, 1.82) is 5.41 Å². The summed E-state index contributed by atoms with van der Waals surface area (Å²) in [6, 6.07) is 3.48. The molecule has 18 nitrogen and oxygen atoms in total. The molecule has 3 amide bonds. The molecule has 0 unspecified atom stereocenters. The third-order valence-corrected chi connectivity index (χ3v) is 16.7. The summed E-state index contributed by atoms with van der Waals surface area (Å²) in [5.74, 6) is -6.11. The highest BCUT2D eigenvalue weighted by Crippen LogP contribution is 2.68. The van der Waals surface area contributed by atoms with E-state index in [9.17, 15) is 61.5 Å². The Kier molecular flexibility index (Phi) is 15.1. The molecule has 2 fully saturated rings. The molecule has 420 valence electrons. The number of sulfonamides is 1. The van der Waals surface area contributed by atoms with Gasteiger partial charge in [-0.05, 0) is 74.4 Å². The maximum absolute atomic E-state index is 15.7. The van der Waals surface area contributed by atoms with E-state index in [1.54, 1.807) is 4.90 Å². The Morgan fingerprint density at radius 2 is 1.59 bits per heavy atom. The standard InChI is InChI=1S/C47H47ClF10N12O6S2/c1-44(2,77(3,73)74)10-9-27-5-6-28(37(62-27)33(19-24-17-25(49)20-26(50)18-24)63-34(71)22-68-40-35(39(64-68)47(56,57)58)30-21-31(30)46(40,54)55)29-7-8-32(48)36-38(29)69(23-45(51,52)53)65-41(36)70(78(4,75)76)43(72)61-11-12-66-13-15-67(16-14-66)42(59)60/h5-8,17-18,20,30-31,33H,11-16,19,21-23H2,1-4H3,(H3,59,60)(H,61,72)(H,63,71)/t30-,31+,33-/m0/s1. The summed E-state index contributed by atoms with van der Waals surface area (Å²) in [5, 5.41) is 18.9. The number of guanidine groups is 1. The summed E-state index contributed by atoms with van der Waals surface area (Å²) >= 11 is 6.71. The molecule has 1 saturated carbocycles. The molecule has 2 aliphatic carbocycles. The molecule has 31 heteroatoms. The van der Waals surface area contributed by atoms with Gasteiger partial charge >= 0.3 is 18.4 Å². The van der Waals surface area contributed by atoms with Crippen molar-refractivity contribution in [1.82, 2.24) is 45.0 Å². The number of halogens is 11. The molecule has 3 aromatic heterocycles. The number of aromatic nitrogens is 5. The molecular weight excluding hydrogens is 1120 g/mol. The number of anilines is 1. The average molecular weight is 1170 g/mol. The van der Waals surface area contributed by atoms with Crippen LogP contribution in [0.15, 0.2) is 42.5 Å². The van der Waals surface area contributed by atoms with Crippen LogP contribution in [-0.4, -0.2) is 132 Å². The SMILES string of the molecule is CC(C)(C#Cc1ccc(-c2ccc(Cl)c3c(N(C(=O)NCCN4CCN(C(=N)N)CC4)S(C)(=O)=O)nn(CC(F)(F)F)c23)c([C@H](Cc2cc(F)cc(F)c2)NC(=O)Cn2nc(C(F)(F)F)c3c2C(F)(F)[C@@H]2C[C@H]32)n1)S(C)(=O)=O. The van der Waals surface area contributed by atoms with Gasteiger partial charge in [-0.25, -0.2) is 35.4 Å². The normalized spacial score (nSPS) is 18.0. The van der Waals surface area contributed by atoms with Gasteiger partial charge in [-0.1, -0.05) is 23.6 Å². The fourth-order valence-electron chi connectivity index (χ4n) is 9.41. The van der Waals surface area contributed by atoms with Crippen LogP contribution in [0.4, 0.5) is 54.5 Å². The van der Waals surface area contributed by atoms with Gasteiger partial charge < -0.3 is 21.3 Å². The molecule has 8 rings (SSSR count). The van der Waals surface area contributed by atoms with Gasteiger partial charge in [-0.3, -0.25) is 24.5 Å². The number of pyridine rings is 1. The number of carbonyl (C=O) groups is 2. The molecule has 4 heterocycles. The number of nitrogens with zero attached hydrogens (tertiary/aromatic N) is 8. The highest BCUT2D eigenvalue weighted by atomic mass is 35.5. The van der Waals surface area contributed by atoms with Crippen LogP contribution in [0.5, 0.6) is 0 Å². The maximum atomic E-state index is 15.7. The molecule has 0 spiro atoms. The van der Waals surface area contributed by atoms with Crippen LogP contribution < -0.4 is 20.7 Å². The van der Waals surface area contributed by atoms with Crippen molar-refractivity contribution in [2.45, 2.75) is 74.8 Å². The van der Waals surface area contributed by atoms with Crippen molar-refractivity contribution in [3.05, 3.63) is 93.0 Å². The summed E-state index contributed by atoms with van der Waals surface area (Å²) < 4.78 is 199. The second kappa shape index (κ2) is 20.5. The molecule has 0 radical (unpaired) electrons. The minimum absolute atomic E-state index is 0.0949. The van der Waals surface area contributed by atoms with E-state index in [1.807, 2.05) is 4.90 Å². The van der Waals surface area contributed by atoms with Gasteiger partial charge in [-0.2, -0.15) is 49.6 Å². The van der Waals surface area contributed by atoms with Crippen LogP contribution >= 0.6 is 11.6 Å². The summed E-state index contributed by atoms with van der Waals surface area (Å²) in [5.41, 5.74) is -0.276. The van der Waals surface area contributed by atoms with Gasteiger partial charge in [0.2, 0.25) is 15.9 Å².